The van der Waals surface area contributed by atoms with E-state index in [1.165, 1.54) is 6.07 Å². The first-order chi connectivity index (χ1) is 10.2. The molecule has 1 unspecified atom stereocenters. The molecule has 3 aromatic rings. The highest BCUT2D eigenvalue weighted by atomic mass is 35.5. The van der Waals surface area contributed by atoms with Crippen molar-refractivity contribution in [2.75, 3.05) is 7.05 Å². The minimum Gasteiger partial charge on any atom is -0.309 e. The van der Waals surface area contributed by atoms with Crippen LogP contribution in [0.1, 0.15) is 17.2 Å². The van der Waals surface area contributed by atoms with Crippen LogP contribution in [0.5, 0.6) is 0 Å². The van der Waals surface area contributed by atoms with Crippen LogP contribution in [-0.2, 0) is 0 Å². The summed E-state index contributed by atoms with van der Waals surface area (Å²) in [6, 6.07) is 14.5. The van der Waals surface area contributed by atoms with Gasteiger partial charge < -0.3 is 5.32 Å². The summed E-state index contributed by atoms with van der Waals surface area (Å²) in [6.45, 7) is 0. The molecule has 4 heteroatoms. The van der Waals surface area contributed by atoms with Crippen LogP contribution in [0.3, 0.4) is 0 Å². The van der Waals surface area contributed by atoms with Gasteiger partial charge in [-0.3, -0.25) is 4.98 Å². The average molecular weight is 301 g/mol. The quantitative estimate of drug-likeness (QED) is 0.778. The Hall–Kier alpha value is -1.97. The molecule has 0 fully saturated rings. The Morgan fingerprint density at radius 3 is 2.57 bits per heavy atom. The van der Waals surface area contributed by atoms with Gasteiger partial charge in [0.05, 0.1) is 16.6 Å². The highest BCUT2D eigenvalue weighted by Crippen LogP contribution is 2.32. The first kappa shape index (κ1) is 14.0. The number of benzene rings is 2. The zero-order valence-corrected chi connectivity index (χ0v) is 12.2. The lowest BCUT2D eigenvalue weighted by Gasteiger charge is -2.20. The smallest absolute Gasteiger partial charge is 0.142 e. The fourth-order valence-corrected chi connectivity index (χ4v) is 2.82. The Morgan fingerprint density at radius 1 is 1.05 bits per heavy atom. The summed E-state index contributed by atoms with van der Waals surface area (Å²) < 4.78 is 13.7. The topological polar surface area (TPSA) is 24.9 Å². The van der Waals surface area contributed by atoms with E-state index in [4.69, 9.17) is 11.6 Å². The molecule has 0 bridgehead atoms. The van der Waals surface area contributed by atoms with Crippen LogP contribution in [0.4, 0.5) is 4.39 Å². The minimum atomic E-state index is -0.414. The molecular formula is C17H14ClFN2. The lowest BCUT2D eigenvalue weighted by molar-refractivity contribution is 0.618. The lowest BCUT2D eigenvalue weighted by Crippen LogP contribution is -2.19. The number of hydrogen-bond acceptors (Lipinski definition) is 2. The Kier molecular flexibility index (Phi) is 3.86. The number of aromatic nitrogens is 1. The number of pyridine rings is 1. The maximum Gasteiger partial charge on any atom is 0.142 e. The molecule has 106 valence electrons. The van der Waals surface area contributed by atoms with E-state index in [9.17, 15) is 4.39 Å². The van der Waals surface area contributed by atoms with Crippen molar-refractivity contribution in [3.8, 4) is 0 Å². The van der Waals surface area contributed by atoms with Gasteiger partial charge in [-0.05, 0) is 30.3 Å². The van der Waals surface area contributed by atoms with E-state index < -0.39 is 5.82 Å². The van der Waals surface area contributed by atoms with Crippen molar-refractivity contribution < 1.29 is 4.39 Å². The van der Waals surface area contributed by atoms with E-state index >= 15 is 0 Å². The number of fused-ring (bicyclic) bond motifs is 1. The molecule has 1 heterocycles. The molecule has 3 rings (SSSR count). The number of hydrogen-bond donors (Lipinski definition) is 1. The summed E-state index contributed by atoms with van der Waals surface area (Å²) in [5, 5.41) is 4.39. The second-order valence-electron chi connectivity index (χ2n) is 4.79. The van der Waals surface area contributed by atoms with Gasteiger partial charge in [-0.1, -0.05) is 48.0 Å². The summed E-state index contributed by atoms with van der Waals surface area (Å²) in [6.07, 6.45) is 1.76. The van der Waals surface area contributed by atoms with Gasteiger partial charge in [0, 0.05) is 11.6 Å². The van der Waals surface area contributed by atoms with Crippen LogP contribution in [0, 0.1) is 5.82 Å². The molecule has 0 saturated heterocycles. The van der Waals surface area contributed by atoms with Crippen molar-refractivity contribution >= 4 is 22.5 Å². The molecule has 0 amide bonds. The molecular weight excluding hydrogens is 287 g/mol. The molecule has 2 aromatic carbocycles. The van der Waals surface area contributed by atoms with Gasteiger partial charge in [-0.2, -0.15) is 0 Å². The number of nitrogens with one attached hydrogen (secondary N) is 1. The van der Waals surface area contributed by atoms with Crippen LogP contribution >= 0.6 is 11.6 Å². The number of para-hydroxylation sites is 1. The summed E-state index contributed by atoms with van der Waals surface area (Å²) >= 11 is 6.13. The van der Waals surface area contributed by atoms with Crippen LogP contribution < -0.4 is 5.32 Å². The first-order valence-corrected chi connectivity index (χ1v) is 7.05. The van der Waals surface area contributed by atoms with Gasteiger partial charge >= 0.3 is 0 Å². The second kappa shape index (κ2) is 5.80. The molecule has 1 atom stereocenters. The van der Waals surface area contributed by atoms with Crippen molar-refractivity contribution in [3.63, 3.8) is 0 Å². The molecule has 0 aliphatic heterocycles. The fraction of sp³-hybridized carbons (Fsp3) is 0.118. The van der Waals surface area contributed by atoms with Gasteiger partial charge in [0.2, 0.25) is 0 Å². The molecule has 21 heavy (non-hydrogen) atoms. The van der Waals surface area contributed by atoms with Crippen LogP contribution in [0.15, 0.2) is 54.7 Å². The normalized spacial score (nSPS) is 12.5. The summed E-state index contributed by atoms with van der Waals surface area (Å²) in [5.41, 5.74) is 2.57. The van der Waals surface area contributed by atoms with E-state index in [1.54, 1.807) is 12.3 Å². The lowest BCUT2D eigenvalue weighted by atomic mass is 9.96. The molecule has 0 aliphatic rings. The van der Waals surface area contributed by atoms with E-state index in [2.05, 4.69) is 10.3 Å². The Balaban J connectivity index is 2.21. The molecule has 2 nitrogen and oxygen atoms in total. The first-order valence-electron chi connectivity index (χ1n) is 6.67. The third-order valence-corrected chi connectivity index (χ3v) is 3.95. The molecule has 0 spiro atoms. The Labute approximate surface area is 127 Å². The van der Waals surface area contributed by atoms with Gasteiger partial charge in [0.15, 0.2) is 0 Å². The third kappa shape index (κ3) is 2.50. The van der Waals surface area contributed by atoms with Crippen LogP contribution in [-0.4, -0.2) is 12.0 Å². The summed E-state index contributed by atoms with van der Waals surface area (Å²) in [5.74, 6) is -0.414. The molecule has 0 saturated carbocycles. The van der Waals surface area contributed by atoms with E-state index in [-0.39, 0.29) is 11.1 Å². The predicted molar refractivity (Wildman–Crippen MR) is 84.1 cm³/mol. The number of halogens is 2. The van der Waals surface area contributed by atoms with E-state index in [0.717, 1.165) is 16.5 Å². The maximum absolute atomic E-state index is 13.7. The highest BCUT2D eigenvalue weighted by molar-refractivity contribution is 6.31. The van der Waals surface area contributed by atoms with Gasteiger partial charge in [-0.15, -0.1) is 0 Å². The zero-order valence-electron chi connectivity index (χ0n) is 11.5. The standard InChI is InChI=1S/C17H14ClFN2/c1-20-17(12-7-3-9-14(19)15(12)18)13-8-2-5-11-6-4-10-21-16(11)13/h2-10,17,20H,1H3. The average Bonchev–Trinajstić information content (AvgIpc) is 2.52. The van der Waals surface area contributed by atoms with E-state index in [1.807, 2.05) is 43.4 Å². The van der Waals surface area contributed by atoms with Crippen molar-refractivity contribution in [3.05, 3.63) is 76.7 Å². The van der Waals surface area contributed by atoms with Crippen molar-refractivity contribution in [2.45, 2.75) is 6.04 Å². The largest absolute Gasteiger partial charge is 0.309 e. The zero-order chi connectivity index (χ0) is 14.8. The third-order valence-electron chi connectivity index (χ3n) is 3.56. The summed E-state index contributed by atoms with van der Waals surface area (Å²) in [7, 11) is 1.83. The molecule has 0 radical (unpaired) electrons. The van der Waals surface area contributed by atoms with Crippen molar-refractivity contribution in [1.29, 1.82) is 0 Å². The Bertz CT molecular complexity index is 783. The summed E-state index contributed by atoms with van der Waals surface area (Å²) in [4.78, 5) is 4.45. The number of rotatable bonds is 3. The minimum absolute atomic E-state index is 0.143. The predicted octanol–water partition coefficient (Wildman–Crippen LogP) is 4.34. The SMILES string of the molecule is CNC(c1cccc(F)c1Cl)c1cccc2cccnc12. The second-order valence-corrected chi connectivity index (χ2v) is 5.17. The van der Waals surface area contributed by atoms with Gasteiger partial charge in [0.1, 0.15) is 5.82 Å². The monoisotopic (exact) mass is 300 g/mol. The van der Waals surface area contributed by atoms with E-state index in [0.29, 0.717) is 5.56 Å². The number of nitrogens with zero attached hydrogens (tertiary/aromatic N) is 1. The fourth-order valence-electron chi connectivity index (χ4n) is 2.58. The van der Waals surface area contributed by atoms with Gasteiger partial charge in [-0.25, -0.2) is 4.39 Å². The highest BCUT2D eigenvalue weighted by Gasteiger charge is 2.19. The molecule has 1 aromatic heterocycles. The molecule has 1 N–H and O–H groups in total. The van der Waals surface area contributed by atoms with Crippen molar-refractivity contribution in [2.24, 2.45) is 0 Å². The van der Waals surface area contributed by atoms with Gasteiger partial charge in [0.25, 0.3) is 0 Å². The Morgan fingerprint density at radius 2 is 1.76 bits per heavy atom. The molecule has 0 aliphatic carbocycles. The maximum atomic E-state index is 13.7. The van der Waals surface area contributed by atoms with Crippen LogP contribution in [0.2, 0.25) is 5.02 Å². The van der Waals surface area contributed by atoms with Crippen molar-refractivity contribution in [1.82, 2.24) is 10.3 Å². The van der Waals surface area contributed by atoms with Crippen LogP contribution in [0.25, 0.3) is 10.9 Å².